The van der Waals surface area contributed by atoms with E-state index >= 15 is 0 Å². The van der Waals surface area contributed by atoms with Gasteiger partial charge in [-0.25, -0.2) is 4.39 Å². The van der Waals surface area contributed by atoms with Crippen molar-refractivity contribution < 1.29 is 14.0 Å². The Morgan fingerprint density at radius 2 is 2.35 bits per heavy atom. The molecule has 1 fully saturated rings. The summed E-state index contributed by atoms with van der Waals surface area (Å²) in [7, 11) is 0. The molecule has 1 aliphatic heterocycles. The number of piperidine rings is 1. The topological polar surface area (TPSA) is 49.4 Å². The summed E-state index contributed by atoms with van der Waals surface area (Å²) in [5.74, 6) is -0.864. The lowest BCUT2D eigenvalue weighted by Gasteiger charge is -2.29. The first-order valence-corrected chi connectivity index (χ1v) is 6.89. The zero-order valence-corrected chi connectivity index (χ0v) is 11.7. The number of carbonyl (C=O) groups is 2. The predicted octanol–water partition coefficient (Wildman–Crippen LogP) is 2.33. The number of likely N-dealkylation sites (tertiary alicyclic amines) is 1. The Bertz CT molecular complexity index is 510. The number of hydrogen-bond donors (Lipinski definition) is 1. The normalized spacial score (nSPS) is 19.6. The molecule has 0 aliphatic carbocycles. The molecule has 1 N–H and O–H groups in total. The molecule has 6 heteroatoms. The van der Waals surface area contributed by atoms with Crippen molar-refractivity contribution in [3.63, 3.8) is 0 Å². The smallest absolute Gasteiger partial charge is 0.238 e. The van der Waals surface area contributed by atoms with Gasteiger partial charge < -0.3 is 10.1 Å². The first kappa shape index (κ1) is 14.9. The van der Waals surface area contributed by atoms with Gasteiger partial charge in [-0.05, 0) is 37.6 Å². The fraction of sp³-hybridized carbons (Fsp3) is 0.429. The lowest BCUT2D eigenvalue weighted by molar-refractivity contribution is -0.119. The maximum Gasteiger partial charge on any atom is 0.238 e. The summed E-state index contributed by atoms with van der Waals surface area (Å²) in [6, 6.07) is 4.10. The number of nitrogens with one attached hydrogen (secondary N) is 1. The lowest BCUT2D eigenvalue weighted by Crippen LogP contribution is -2.40. The van der Waals surface area contributed by atoms with Crippen molar-refractivity contribution >= 4 is 29.5 Å². The Morgan fingerprint density at radius 3 is 3.05 bits per heavy atom. The van der Waals surface area contributed by atoms with Gasteiger partial charge in [0.25, 0.3) is 0 Å². The van der Waals surface area contributed by atoms with Gasteiger partial charge in [-0.3, -0.25) is 9.69 Å². The Hall–Kier alpha value is -1.46. The monoisotopic (exact) mass is 298 g/mol. The number of hydrogen-bond acceptors (Lipinski definition) is 3. The Morgan fingerprint density at radius 1 is 1.55 bits per heavy atom. The molecule has 0 aromatic heterocycles. The van der Waals surface area contributed by atoms with Gasteiger partial charge in [-0.1, -0.05) is 11.6 Å². The average Bonchev–Trinajstić information content (AvgIpc) is 2.42. The van der Waals surface area contributed by atoms with Gasteiger partial charge in [0.05, 0.1) is 12.2 Å². The van der Waals surface area contributed by atoms with Gasteiger partial charge in [-0.15, -0.1) is 0 Å². The maximum absolute atomic E-state index is 13.5. The van der Waals surface area contributed by atoms with Crippen LogP contribution in [-0.2, 0) is 9.59 Å². The van der Waals surface area contributed by atoms with E-state index in [9.17, 15) is 14.0 Å². The highest BCUT2D eigenvalue weighted by atomic mass is 35.5. The van der Waals surface area contributed by atoms with E-state index in [2.05, 4.69) is 5.32 Å². The van der Waals surface area contributed by atoms with Crippen molar-refractivity contribution in [2.45, 2.75) is 12.8 Å². The molecule has 1 saturated heterocycles. The summed E-state index contributed by atoms with van der Waals surface area (Å²) < 4.78 is 13.5. The minimum atomic E-state index is -0.560. The van der Waals surface area contributed by atoms with Crippen LogP contribution in [0.2, 0.25) is 5.02 Å². The first-order valence-electron chi connectivity index (χ1n) is 6.51. The molecule has 1 aromatic rings. The summed E-state index contributed by atoms with van der Waals surface area (Å²) in [6.45, 7) is 1.52. The second-order valence-electron chi connectivity index (χ2n) is 4.95. The van der Waals surface area contributed by atoms with E-state index in [1.54, 1.807) is 0 Å². The summed E-state index contributed by atoms with van der Waals surface area (Å²) in [4.78, 5) is 24.6. The van der Waals surface area contributed by atoms with E-state index in [1.165, 1.54) is 12.1 Å². The highest BCUT2D eigenvalue weighted by molar-refractivity contribution is 6.30. The molecule has 2 rings (SSSR count). The fourth-order valence-electron chi connectivity index (χ4n) is 2.33. The van der Waals surface area contributed by atoms with Crippen LogP contribution < -0.4 is 5.32 Å². The molecule has 1 atom stereocenters. The van der Waals surface area contributed by atoms with Crippen LogP contribution in [0, 0.1) is 11.7 Å². The maximum atomic E-state index is 13.5. The molecule has 1 aliphatic rings. The van der Waals surface area contributed by atoms with Gasteiger partial charge in [0.15, 0.2) is 0 Å². The number of aldehydes is 1. The highest BCUT2D eigenvalue weighted by Crippen LogP contribution is 2.19. The third-order valence-corrected chi connectivity index (χ3v) is 3.54. The van der Waals surface area contributed by atoms with Crippen molar-refractivity contribution in [3.8, 4) is 0 Å². The van der Waals surface area contributed by atoms with Crippen LogP contribution >= 0.6 is 11.6 Å². The van der Waals surface area contributed by atoms with Crippen molar-refractivity contribution in [1.29, 1.82) is 0 Å². The Kier molecular flexibility index (Phi) is 5.09. The van der Waals surface area contributed by atoms with E-state index in [1.807, 2.05) is 4.90 Å². The van der Waals surface area contributed by atoms with Crippen LogP contribution in [-0.4, -0.2) is 36.7 Å². The van der Waals surface area contributed by atoms with Crippen LogP contribution in [0.5, 0.6) is 0 Å². The van der Waals surface area contributed by atoms with Crippen molar-refractivity contribution in [2.75, 3.05) is 25.0 Å². The molecule has 1 heterocycles. The third-order valence-electron chi connectivity index (χ3n) is 3.31. The molecule has 1 aromatic carbocycles. The fourth-order valence-corrected chi connectivity index (χ4v) is 2.49. The van der Waals surface area contributed by atoms with E-state index in [0.29, 0.717) is 6.54 Å². The molecular formula is C14H16ClFN2O2. The summed E-state index contributed by atoms with van der Waals surface area (Å²) in [5.41, 5.74) is 0.114. The summed E-state index contributed by atoms with van der Waals surface area (Å²) in [5, 5.41) is 2.80. The first-order chi connectivity index (χ1) is 9.58. The molecule has 4 nitrogen and oxygen atoms in total. The molecule has 0 saturated carbocycles. The molecule has 1 amide bonds. The van der Waals surface area contributed by atoms with Gasteiger partial charge in [-0.2, -0.15) is 0 Å². The van der Waals surface area contributed by atoms with Crippen molar-refractivity contribution in [2.24, 2.45) is 5.92 Å². The number of nitrogens with zero attached hydrogens (tertiary/aromatic N) is 1. The van der Waals surface area contributed by atoms with Gasteiger partial charge in [0, 0.05) is 17.5 Å². The van der Waals surface area contributed by atoms with Crippen LogP contribution in [0.1, 0.15) is 12.8 Å². The SMILES string of the molecule is O=CC1CCCN(CC(=O)Nc2ccc(Cl)cc2F)C1. The minimum Gasteiger partial charge on any atom is -0.322 e. The second kappa shape index (κ2) is 6.81. The Balaban J connectivity index is 1.90. The number of amides is 1. The number of halogens is 2. The third kappa shape index (κ3) is 4.02. The van der Waals surface area contributed by atoms with Gasteiger partial charge in [0.2, 0.25) is 5.91 Å². The van der Waals surface area contributed by atoms with E-state index in [0.717, 1.165) is 31.7 Å². The summed E-state index contributed by atoms with van der Waals surface area (Å²) in [6.07, 6.45) is 2.70. The standard InChI is InChI=1S/C14H16ClFN2O2/c15-11-3-4-13(12(16)6-11)17-14(20)8-18-5-1-2-10(7-18)9-19/h3-4,6,9-10H,1-2,5,7-8H2,(H,17,20). The van der Waals surface area contributed by atoms with E-state index in [-0.39, 0.29) is 29.1 Å². The Labute approximate surface area is 121 Å². The molecule has 108 valence electrons. The molecule has 1 unspecified atom stereocenters. The second-order valence-corrected chi connectivity index (χ2v) is 5.38. The van der Waals surface area contributed by atoms with Gasteiger partial charge in [0.1, 0.15) is 12.1 Å². The molecule has 20 heavy (non-hydrogen) atoms. The minimum absolute atomic E-state index is 0.0104. The van der Waals surface area contributed by atoms with Gasteiger partial charge >= 0.3 is 0 Å². The number of benzene rings is 1. The quantitative estimate of drug-likeness (QED) is 0.868. The number of rotatable bonds is 4. The van der Waals surface area contributed by atoms with Crippen LogP contribution in [0.4, 0.5) is 10.1 Å². The predicted molar refractivity (Wildman–Crippen MR) is 75.3 cm³/mol. The van der Waals surface area contributed by atoms with Crippen LogP contribution in [0.15, 0.2) is 18.2 Å². The zero-order chi connectivity index (χ0) is 14.5. The molecule has 0 bridgehead atoms. The number of anilines is 1. The highest BCUT2D eigenvalue weighted by Gasteiger charge is 2.21. The lowest BCUT2D eigenvalue weighted by atomic mass is 10.00. The van der Waals surface area contributed by atoms with Crippen molar-refractivity contribution in [3.05, 3.63) is 29.0 Å². The van der Waals surface area contributed by atoms with E-state index < -0.39 is 5.82 Å². The average molecular weight is 299 g/mol. The molecule has 0 spiro atoms. The molecular weight excluding hydrogens is 283 g/mol. The molecule has 0 radical (unpaired) electrons. The number of carbonyl (C=O) groups excluding carboxylic acids is 2. The summed E-state index contributed by atoms with van der Waals surface area (Å²) >= 11 is 5.65. The largest absolute Gasteiger partial charge is 0.322 e. The van der Waals surface area contributed by atoms with Crippen LogP contribution in [0.25, 0.3) is 0 Å². The van der Waals surface area contributed by atoms with E-state index in [4.69, 9.17) is 11.6 Å². The van der Waals surface area contributed by atoms with Crippen molar-refractivity contribution in [1.82, 2.24) is 4.90 Å². The van der Waals surface area contributed by atoms with Crippen LogP contribution in [0.3, 0.4) is 0 Å². The zero-order valence-electron chi connectivity index (χ0n) is 10.9.